The van der Waals surface area contributed by atoms with Crippen molar-refractivity contribution in [3.05, 3.63) is 95.1 Å². The Morgan fingerprint density at radius 2 is 1.20 bits per heavy atom. The van der Waals surface area contributed by atoms with E-state index in [0.717, 1.165) is 19.4 Å². The highest BCUT2D eigenvalue weighted by molar-refractivity contribution is 6.07. The van der Waals surface area contributed by atoms with Crippen molar-refractivity contribution in [1.82, 2.24) is 23.2 Å². The first-order valence-corrected chi connectivity index (χ1v) is 19.6. The number of amides is 3. The number of unbranched alkanes of at least 4 members (excludes halogenated alkanes) is 1. The minimum atomic E-state index is -1.20. The van der Waals surface area contributed by atoms with Gasteiger partial charge in [-0.3, -0.25) is 24.0 Å². The summed E-state index contributed by atoms with van der Waals surface area (Å²) < 4.78 is 17.4. The van der Waals surface area contributed by atoms with Crippen LogP contribution in [0.15, 0.2) is 61.2 Å². The summed E-state index contributed by atoms with van der Waals surface area (Å²) in [4.78, 5) is 78.9. The van der Waals surface area contributed by atoms with Crippen LogP contribution in [0.4, 0.5) is 22.7 Å². The number of hydrogen-bond acceptors (Lipinski definition) is 10. The molecule has 5 rings (SSSR count). The van der Waals surface area contributed by atoms with Crippen molar-refractivity contribution in [2.75, 3.05) is 56.0 Å². The number of carboxylic acid groups (broad SMARTS) is 1. The van der Waals surface area contributed by atoms with E-state index in [1.165, 1.54) is 25.3 Å². The van der Waals surface area contributed by atoms with Gasteiger partial charge in [0.15, 0.2) is 23.1 Å². The second-order valence-corrected chi connectivity index (χ2v) is 15.1. The molecule has 0 bridgehead atoms. The van der Waals surface area contributed by atoms with Gasteiger partial charge in [0.2, 0.25) is 5.91 Å². The zero-order valence-corrected chi connectivity index (χ0v) is 35.5. The minimum Gasteiger partial charge on any atom is -0.493 e. The molecule has 0 saturated heterocycles. The van der Waals surface area contributed by atoms with E-state index in [-0.39, 0.29) is 71.3 Å². The summed E-state index contributed by atoms with van der Waals surface area (Å²) in [5.74, 6) is -2.12. The van der Waals surface area contributed by atoms with Gasteiger partial charge in [0.25, 0.3) is 11.8 Å². The van der Waals surface area contributed by atoms with Crippen LogP contribution < -0.4 is 31.2 Å². The molecule has 0 aliphatic carbocycles. The van der Waals surface area contributed by atoms with Crippen molar-refractivity contribution in [3.8, 4) is 11.5 Å². The molecule has 18 heteroatoms. The lowest BCUT2D eigenvalue weighted by Gasteiger charge is -2.13. The number of benzene rings is 1. The zero-order valence-electron chi connectivity index (χ0n) is 35.5. The van der Waals surface area contributed by atoms with Crippen LogP contribution in [0.1, 0.15) is 90.0 Å². The van der Waals surface area contributed by atoms with Crippen molar-refractivity contribution in [2.45, 2.75) is 38.5 Å². The van der Waals surface area contributed by atoms with Gasteiger partial charge >= 0.3 is 5.97 Å². The van der Waals surface area contributed by atoms with Gasteiger partial charge in [0, 0.05) is 84.4 Å². The molecule has 4 aromatic heterocycles. The number of carbonyl (C=O) groups excluding carboxylic acids is 5. The third-order valence-corrected chi connectivity index (χ3v) is 9.91. The maximum Gasteiger partial charge on any atom is 0.337 e. The number of aromatic nitrogens is 4. The SMILES string of the molecule is COc1cc(C(=O)O)c(N)cc1OCCCC(=O)Nc1cc(C(=O)Nc2cc(C(=O)Cc3cc(C(=O)Nc4cc(C(=O)CCCCN(C)C)n(C)c4)n(C)c3)n(C)c2)n(C)c1. The quantitative estimate of drug-likeness (QED) is 0.0377. The summed E-state index contributed by atoms with van der Waals surface area (Å²) in [5, 5.41) is 17.7. The van der Waals surface area contributed by atoms with Crippen molar-refractivity contribution >= 4 is 58.0 Å². The average Bonchev–Trinajstić information content (AvgIpc) is 3.96. The van der Waals surface area contributed by atoms with Crippen LogP contribution in [0.5, 0.6) is 11.5 Å². The molecule has 0 radical (unpaired) electrons. The fourth-order valence-corrected chi connectivity index (χ4v) is 6.81. The lowest BCUT2D eigenvalue weighted by atomic mass is 10.1. The fourth-order valence-electron chi connectivity index (χ4n) is 6.81. The number of rotatable bonds is 21. The number of anilines is 4. The number of nitrogen functional groups attached to an aromatic ring is 1. The van der Waals surface area contributed by atoms with Crippen molar-refractivity contribution in [2.24, 2.45) is 28.2 Å². The maximum atomic E-state index is 13.5. The Hall–Kier alpha value is -7.08. The number of aryl methyl sites for hydroxylation is 4. The van der Waals surface area contributed by atoms with E-state index in [0.29, 0.717) is 52.5 Å². The largest absolute Gasteiger partial charge is 0.493 e. The number of ketones is 2. The zero-order chi connectivity index (χ0) is 44.5. The van der Waals surface area contributed by atoms with Crippen LogP contribution >= 0.6 is 0 Å². The smallest absolute Gasteiger partial charge is 0.337 e. The molecule has 61 heavy (non-hydrogen) atoms. The Balaban J connectivity index is 1.11. The van der Waals surface area contributed by atoms with Crippen LogP contribution in [-0.2, 0) is 39.4 Å². The van der Waals surface area contributed by atoms with Crippen molar-refractivity contribution in [3.63, 3.8) is 0 Å². The Morgan fingerprint density at radius 3 is 1.79 bits per heavy atom. The highest BCUT2D eigenvalue weighted by Gasteiger charge is 2.21. The molecule has 0 aliphatic rings. The van der Waals surface area contributed by atoms with Gasteiger partial charge in [-0.25, -0.2) is 4.79 Å². The molecular weight excluding hydrogens is 787 g/mol. The number of carbonyl (C=O) groups is 6. The highest BCUT2D eigenvalue weighted by atomic mass is 16.5. The third-order valence-electron chi connectivity index (χ3n) is 9.91. The van der Waals surface area contributed by atoms with E-state index in [1.54, 1.807) is 89.4 Å². The number of Topliss-reactive ketones (excluding diaryl/α,β-unsaturated/α-hetero) is 2. The van der Waals surface area contributed by atoms with Crippen LogP contribution in [0.3, 0.4) is 0 Å². The normalized spacial score (nSPS) is 11.1. The predicted molar refractivity (Wildman–Crippen MR) is 230 cm³/mol. The van der Waals surface area contributed by atoms with Gasteiger partial charge in [-0.2, -0.15) is 0 Å². The molecule has 5 aromatic rings. The van der Waals surface area contributed by atoms with Crippen LogP contribution in [-0.4, -0.2) is 97.9 Å². The maximum absolute atomic E-state index is 13.5. The summed E-state index contributed by atoms with van der Waals surface area (Å²) >= 11 is 0. The van der Waals surface area contributed by atoms with Crippen molar-refractivity contribution < 1.29 is 43.3 Å². The average molecular weight is 840 g/mol. The van der Waals surface area contributed by atoms with E-state index in [2.05, 4.69) is 20.9 Å². The molecule has 6 N–H and O–H groups in total. The second kappa shape index (κ2) is 19.8. The molecule has 3 amide bonds. The summed E-state index contributed by atoms with van der Waals surface area (Å²) in [6.45, 7) is 1.04. The van der Waals surface area contributed by atoms with E-state index < -0.39 is 11.9 Å². The molecule has 0 atom stereocenters. The van der Waals surface area contributed by atoms with E-state index in [1.807, 2.05) is 14.1 Å². The van der Waals surface area contributed by atoms with Crippen molar-refractivity contribution in [1.29, 1.82) is 0 Å². The second-order valence-electron chi connectivity index (χ2n) is 15.1. The lowest BCUT2D eigenvalue weighted by Crippen LogP contribution is -2.15. The number of carboxylic acids is 1. The number of methoxy groups -OCH3 is 1. The molecule has 0 saturated carbocycles. The van der Waals surface area contributed by atoms with Gasteiger partial charge in [0.1, 0.15) is 11.4 Å². The first kappa shape index (κ1) is 45.0. The molecule has 0 spiro atoms. The number of hydrogen-bond donors (Lipinski definition) is 5. The van der Waals surface area contributed by atoms with Gasteiger partial charge in [-0.1, -0.05) is 0 Å². The molecule has 0 fully saturated rings. The predicted octanol–water partition coefficient (Wildman–Crippen LogP) is 4.97. The number of nitrogens with two attached hydrogens (primary N) is 1. The number of ether oxygens (including phenoxy) is 2. The van der Waals surface area contributed by atoms with Gasteiger partial charge in [-0.15, -0.1) is 0 Å². The van der Waals surface area contributed by atoms with Gasteiger partial charge in [0.05, 0.1) is 53.4 Å². The Kier molecular flexibility index (Phi) is 14.6. The Labute approximate surface area is 353 Å². The lowest BCUT2D eigenvalue weighted by molar-refractivity contribution is -0.116. The summed E-state index contributed by atoms with van der Waals surface area (Å²) in [7, 11) is 12.2. The van der Waals surface area contributed by atoms with Crippen LogP contribution in [0.2, 0.25) is 0 Å². The third kappa shape index (κ3) is 11.6. The minimum absolute atomic E-state index is 0.000125. The van der Waals surface area contributed by atoms with E-state index >= 15 is 0 Å². The molecule has 0 aliphatic heterocycles. The first-order valence-electron chi connectivity index (χ1n) is 19.6. The molecule has 0 unspecified atom stereocenters. The van der Waals surface area contributed by atoms with Gasteiger partial charge < -0.3 is 59.4 Å². The fraction of sp³-hybridized carbons (Fsp3) is 0.349. The number of nitrogens with one attached hydrogen (secondary N) is 3. The highest BCUT2D eigenvalue weighted by Crippen LogP contribution is 2.32. The van der Waals surface area contributed by atoms with E-state index in [9.17, 15) is 33.9 Å². The molecular formula is C43H53N9O9. The molecule has 18 nitrogen and oxygen atoms in total. The molecule has 4 heterocycles. The number of aromatic carboxylic acids is 1. The Morgan fingerprint density at radius 1 is 0.656 bits per heavy atom. The monoisotopic (exact) mass is 839 g/mol. The van der Waals surface area contributed by atoms with Crippen LogP contribution in [0, 0.1) is 0 Å². The molecule has 324 valence electrons. The van der Waals surface area contributed by atoms with Crippen LogP contribution in [0.25, 0.3) is 0 Å². The standard InChI is InChI=1S/C43H53N9O9/c1-48(2)13-9-8-11-36(53)32-17-28(24-50(32)4)46-41(56)34-15-26(22-49(34)3)16-37(54)33-18-29(25-51(33)5)47-42(57)35-19-27(23-52(35)6)45-40(55)12-10-14-61-39-21-31(44)30(43(58)59)20-38(39)60-7/h15,17-25H,8-14,16,44H2,1-7H3,(H,45,55)(H,46,56)(H,47,57)(H,58,59). The molecule has 1 aromatic carbocycles. The Bertz CT molecular complexity index is 2450. The summed E-state index contributed by atoms with van der Waals surface area (Å²) in [6.07, 6.45) is 9.16. The number of nitrogens with zero attached hydrogens (tertiary/aromatic N) is 5. The topological polar surface area (TPSA) is 226 Å². The summed E-state index contributed by atoms with van der Waals surface area (Å²) in [6, 6.07) is 9.06. The van der Waals surface area contributed by atoms with Gasteiger partial charge in [-0.05, 0) is 69.7 Å². The first-order chi connectivity index (χ1) is 28.9. The summed E-state index contributed by atoms with van der Waals surface area (Å²) in [5.41, 5.74) is 9.09. The van der Waals surface area contributed by atoms with E-state index in [4.69, 9.17) is 15.2 Å².